The number of hydrogen-bond acceptors (Lipinski definition) is 1. The summed E-state index contributed by atoms with van der Waals surface area (Å²) in [5, 5.41) is 2.56. The minimum absolute atomic E-state index is 0.178. The topological polar surface area (TPSA) is 37.8 Å². The SMILES string of the molecule is Cc1c(CCF)c(=O)[nH]n1C. The molecule has 0 aliphatic heterocycles. The molecular formula is C7H11FN2O. The van der Waals surface area contributed by atoms with E-state index in [0.29, 0.717) is 5.56 Å². The third-order valence-corrected chi connectivity index (χ3v) is 1.83. The Morgan fingerprint density at radius 3 is 2.64 bits per heavy atom. The lowest BCUT2D eigenvalue weighted by Gasteiger charge is -1.94. The second-order valence-electron chi connectivity index (χ2n) is 2.50. The van der Waals surface area contributed by atoms with Crippen molar-refractivity contribution in [3.63, 3.8) is 0 Å². The van der Waals surface area contributed by atoms with E-state index in [9.17, 15) is 9.18 Å². The van der Waals surface area contributed by atoms with Gasteiger partial charge >= 0.3 is 0 Å². The summed E-state index contributed by atoms with van der Waals surface area (Å²) in [5.41, 5.74) is 1.19. The molecule has 0 bridgehead atoms. The van der Waals surface area contributed by atoms with Crippen molar-refractivity contribution in [2.75, 3.05) is 6.67 Å². The van der Waals surface area contributed by atoms with Gasteiger partial charge in [0, 0.05) is 24.7 Å². The van der Waals surface area contributed by atoms with E-state index in [-0.39, 0.29) is 12.0 Å². The van der Waals surface area contributed by atoms with Crippen LogP contribution in [0.5, 0.6) is 0 Å². The summed E-state index contributed by atoms with van der Waals surface area (Å²) >= 11 is 0. The Kier molecular flexibility index (Phi) is 2.12. The van der Waals surface area contributed by atoms with Crippen molar-refractivity contribution >= 4 is 0 Å². The first-order valence-electron chi connectivity index (χ1n) is 3.47. The number of alkyl halides is 1. The van der Waals surface area contributed by atoms with Crippen LogP contribution in [0, 0.1) is 6.92 Å². The Morgan fingerprint density at radius 2 is 2.27 bits per heavy atom. The van der Waals surface area contributed by atoms with Crippen LogP contribution in [0.3, 0.4) is 0 Å². The summed E-state index contributed by atoms with van der Waals surface area (Å²) in [6.45, 7) is 1.32. The van der Waals surface area contributed by atoms with Gasteiger partial charge in [-0.25, -0.2) is 0 Å². The van der Waals surface area contributed by atoms with Crippen LogP contribution in [-0.4, -0.2) is 16.5 Å². The molecule has 62 valence electrons. The summed E-state index contributed by atoms with van der Waals surface area (Å²) in [5.74, 6) is 0. The van der Waals surface area contributed by atoms with Crippen LogP contribution >= 0.6 is 0 Å². The van der Waals surface area contributed by atoms with Crippen molar-refractivity contribution in [1.82, 2.24) is 9.78 Å². The molecule has 1 aromatic heterocycles. The van der Waals surface area contributed by atoms with Gasteiger partial charge in [0.15, 0.2) is 0 Å². The number of nitrogens with one attached hydrogen (secondary N) is 1. The molecule has 0 aliphatic rings. The lowest BCUT2D eigenvalue weighted by molar-refractivity contribution is 0.494. The molecule has 0 radical (unpaired) electrons. The van der Waals surface area contributed by atoms with E-state index in [0.717, 1.165) is 5.69 Å². The largest absolute Gasteiger partial charge is 0.292 e. The van der Waals surface area contributed by atoms with Gasteiger partial charge in [0.2, 0.25) is 0 Å². The Balaban J connectivity index is 3.12. The maximum Gasteiger partial charge on any atom is 0.267 e. The average Bonchev–Trinajstić information content (AvgIpc) is 2.17. The number of hydrogen-bond donors (Lipinski definition) is 1. The molecule has 11 heavy (non-hydrogen) atoms. The van der Waals surface area contributed by atoms with Gasteiger partial charge in [-0.05, 0) is 6.92 Å². The molecule has 0 aliphatic carbocycles. The zero-order valence-corrected chi connectivity index (χ0v) is 6.65. The Labute approximate surface area is 63.8 Å². The van der Waals surface area contributed by atoms with E-state index in [4.69, 9.17) is 0 Å². The second kappa shape index (κ2) is 2.90. The highest BCUT2D eigenvalue weighted by Crippen LogP contribution is 2.00. The maximum absolute atomic E-state index is 11.9. The molecule has 0 aromatic carbocycles. The quantitative estimate of drug-likeness (QED) is 0.670. The molecule has 3 nitrogen and oxygen atoms in total. The third-order valence-electron chi connectivity index (χ3n) is 1.83. The molecule has 0 unspecified atom stereocenters. The van der Waals surface area contributed by atoms with Crippen molar-refractivity contribution in [3.05, 3.63) is 21.6 Å². The van der Waals surface area contributed by atoms with Crippen molar-refractivity contribution < 1.29 is 4.39 Å². The third kappa shape index (κ3) is 1.34. The highest BCUT2D eigenvalue weighted by molar-refractivity contribution is 5.16. The Bertz CT molecular complexity index is 300. The standard InChI is InChI=1S/C7H11FN2O/c1-5-6(3-4-8)7(11)9-10(5)2/h3-4H2,1-2H3,(H,9,11). The fourth-order valence-electron chi connectivity index (χ4n) is 1.06. The second-order valence-corrected chi connectivity index (χ2v) is 2.50. The van der Waals surface area contributed by atoms with Gasteiger partial charge in [0.25, 0.3) is 5.56 Å². The van der Waals surface area contributed by atoms with Crippen molar-refractivity contribution in [2.24, 2.45) is 7.05 Å². The fraction of sp³-hybridized carbons (Fsp3) is 0.571. The number of aromatic nitrogens is 2. The van der Waals surface area contributed by atoms with E-state index in [1.54, 1.807) is 18.7 Å². The van der Waals surface area contributed by atoms with Crippen LogP contribution in [0.2, 0.25) is 0 Å². The lowest BCUT2D eigenvalue weighted by Crippen LogP contribution is -2.07. The molecule has 0 amide bonds. The van der Waals surface area contributed by atoms with Crippen molar-refractivity contribution in [1.29, 1.82) is 0 Å². The predicted octanol–water partition coefficient (Wildman–Crippen LogP) is 0.534. The lowest BCUT2D eigenvalue weighted by atomic mass is 10.2. The van der Waals surface area contributed by atoms with Crippen LogP contribution in [0.25, 0.3) is 0 Å². The van der Waals surface area contributed by atoms with Crippen LogP contribution < -0.4 is 5.56 Å². The highest BCUT2D eigenvalue weighted by atomic mass is 19.1. The zero-order valence-electron chi connectivity index (χ0n) is 6.65. The number of aryl methyl sites for hydroxylation is 1. The van der Waals surface area contributed by atoms with Gasteiger partial charge in [-0.1, -0.05) is 0 Å². The molecule has 0 saturated heterocycles. The number of nitrogens with zero attached hydrogens (tertiary/aromatic N) is 1. The summed E-state index contributed by atoms with van der Waals surface area (Å²) in [6, 6.07) is 0. The van der Waals surface area contributed by atoms with Gasteiger partial charge in [-0.3, -0.25) is 19.0 Å². The normalized spacial score (nSPS) is 10.5. The molecule has 0 fully saturated rings. The van der Waals surface area contributed by atoms with Crippen LogP contribution in [0.4, 0.5) is 4.39 Å². The molecular weight excluding hydrogens is 147 g/mol. The van der Waals surface area contributed by atoms with Gasteiger partial charge in [-0.2, -0.15) is 0 Å². The first kappa shape index (κ1) is 8.04. The first-order valence-corrected chi connectivity index (χ1v) is 3.47. The molecule has 1 rings (SSSR count). The summed E-state index contributed by atoms with van der Waals surface area (Å²) < 4.78 is 13.5. The molecule has 1 N–H and O–H groups in total. The molecule has 0 saturated carbocycles. The molecule has 4 heteroatoms. The van der Waals surface area contributed by atoms with E-state index < -0.39 is 6.67 Å². The first-order chi connectivity index (χ1) is 5.16. The molecule has 0 atom stereocenters. The average molecular weight is 158 g/mol. The summed E-state index contributed by atoms with van der Waals surface area (Å²) in [6.07, 6.45) is 0.210. The van der Waals surface area contributed by atoms with Gasteiger partial charge in [0.05, 0.1) is 6.67 Å². The van der Waals surface area contributed by atoms with Crippen LogP contribution in [0.15, 0.2) is 4.79 Å². The van der Waals surface area contributed by atoms with Crippen molar-refractivity contribution in [2.45, 2.75) is 13.3 Å². The number of H-pyrrole nitrogens is 1. The Morgan fingerprint density at radius 1 is 1.64 bits per heavy atom. The van der Waals surface area contributed by atoms with Crippen LogP contribution in [0.1, 0.15) is 11.3 Å². The minimum atomic E-state index is -0.478. The van der Waals surface area contributed by atoms with Crippen molar-refractivity contribution in [3.8, 4) is 0 Å². The van der Waals surface area contributed by atoms with E-state index >= 15 is 0 Å². The van der Waals surface area contributed by atoms with Gasteiger partial charge in [-0.15, -0.1) is 0 Å². The minimum Gasteiger partial charge on any atom is -0.292 e. The van der Waals surface area contributed by atoms with E-state index in [1.807, 2.05) is 0 Å². The van der Waals surface area contributed by atoms with Crippen LogP contribution in [-0.2, 0) is 13.5 Å². The van der Waals surface area contributed by atoms with Gasteiger partial charge in [0.1, 0.15) is 0 Å². The van der Waals surface area contributed by atoms with Gasteiger partial charge < -0.3 is 0 Å². The number of rotatable bonds is 2. The fourth-order valence-corrected chi connectivity index (χ4v) is 1.06. The molecule has 1 aromatic rings. The Hall–Kier alpha value is -1.06. The van der Waals surface area contributed by atoms with E-state index in [1.165, 1.54) is 0 Å². The highest BCUT2D eigenvalue weighted by Gasteiger charge is 2.06. The molecule has 1 heterocycles. The monoisotopic (exact) mass is 158 g/mol. The predicted molar refractivity (Wildman–Crippen MR) is 40.4 cm³/mol. The van der Waals surface area contributed by atoms with E-state index in [2.05, 4.69) is 5.10 Å². The summed E-state index contributed by atoms with van der Waals surface area (Å²) in [4.78, 5) is 11.0. The summed E-state index contributed by atoms with van der Waals surface area (Å²) in [7, 11) is 1.73. The smallest absolute Gasteiger partial charge is 0.267 e. The zero-order chi connectivity index (χ0) is 8.43. The number of aromatic amines is 1. The maximum atomic E-state index is 11.9. The molecule has 0 spiro atoms. The number of halogens is 1.